The van der Waals surface area contributed by atoms with Crippen molar-refractivity contribution in [1.82, 2.24) is 9.55 Å². The van der Waals surface area contributed by atoms with E-state index in [1.165, 1.54) is 12.8 Å². The molecule has 0 spiro atoms. The van der Waals surface area contributed by atoms with Gasteiger partial charge in [0, 0.05) is 12.0 Å². The van der Waals surface area contributed by atoms with Gasteiger partial charge >= 0.3 is 0 Å². The lowest BCUT2D eigenvalue weighted by molar-refractivity contribution is 0.590. The van der Waals surface area contributed by atoms with Crippen molar-refractivity contribution >= 4 is 5.82 Å². The molecule has 1 fully saturated rings. The van der Waals surface area contributed by atoms with Gasteiger partial charge in [-0.15, -0.1) is 0 Å². The van der Waals surface area contributed by atoms with E-state index in [0.29, 0.717) is 12.0 Å². The van der Waals surface area contributed by atoms with E-state index in [2.05, 4.69) is 23.4 Å². The molecule has 3 nitrogen and oxygen atoms in total. The normalized spacial score (nSPS) is 16.9. The third kappa shape index (κ3) is 1.32. The van der Waals surface area contributed by atoms with E-state index >= 15 is 0 Å². The van der Waals surface area contributed by atoms with Crippen LogP contribution in [0, 0.1) is 6.92 Å². The first-order valence-corrected chi connectivity index (χ1v) is 4.95. The summed E-state index contributed by atoms with van der Waals surface area (Å²) in [4.78, 5) is 4.53. The fourth-order valence-corrected chi connectivity index (χ4v) is 1.89. The predicted octanol–water partition coefficient (Wildman–Crippen LogP) is 2.23. The van der Waals surface area contributed by atoms with Crippen LogP contribution in [0.1, 0.15) is 50.2 Å². The van der Waals surface area contributed by atoms with Crippen LogP contribution in [0.3, 0.4) is 0 Å². The summed E-state index contributed by atoms with van der Waals surface area (Å²) < 4.78 is 2.12. The van der Waals surface area contributed by atoms with Gasteiger partial charge in [-0.2, -0.15) is 0 Å². The van der Waals surface area contributed by atoms with E-state index in [1.807, 2.05) is 6.92 Å². The molecule has 1 aliphatic rings. The Kier molecular flexibility index (Phi) is 1.82. The molecule has 1 aromatic rings. The number of aryl methyl sites for hydroxylation is 1. The number of hydrogen-bond acceptors (Lipinski definition) is 2. The second-order valence-electron chi connectivity index (χ2n) is 4.17. The summed E-state index contributed by atoms with van der Waals surface area (Å²) >= 11 is 0. The minimum Gasteiger partial charge on any atom is -0.384 e. The van der Waals surface area contributed by atoms with Crippen LogP contribution < -0.4 is 5.73 Å². The zero-order chi connectivity index (χ0) is 9.59. The standard InChI is InChI=1S/C10H17N3/c1-6(2)13-7(3)12-9(10(13)11)8-4-5-8/h6,8H,4-5,11H2,1-3H3. The second-order valence-corrected chi connectivity index (χ2v) is 4.17. The molecule has 1 aromatic heterocycles. The van der Waals surface area contributed by atoms with Crippen molar-refractivity contribution in [2.45, 2.75) is 45.6 Å². The summed E-state index contributed by atoms with van der Waals surface area (Å²) in [5.74, 6) is 2.59. The molecule has 0 radical (unpaired) electrons. The Morgan fingerprint density at radius 2 is 2.08 bits per heavy atom. The molecular weight excluding hydrogens is 162 g/mol. The molecule has 72 valence electrons. The van der Waals surface area contributed by atoms with Crippen LogP contribution in [0.2, 0.25) is 0 Å². The molecule has 2 rings (SSSR count). The average molecular weight is 179 g/mol. The third-order valence-electron chi connectivity index (χ3n) is 2.63. The fourth-order valence-electron chi connectivity index (χ4n) is 1.89. The Labute approximate surface area is 79.0 Å². The molecule has 0 amide bonds. The van der Waals surface area contributed by atoms with Crippen molar-refractivity contribution in [3.05, 3.63) is 11.5 Å². The molecule has 2 N–H and O–H groups in total. The topological polar surface area (TPSA) is 43.8 Å². The predicted molar refractivity (Wildman–Crippen MR) is 53.7 cm³/mol. The van der Waals surface area contributed by atoms with Gasteiger partial charge in [-0.3, -0.25) is 0 Å². The van der Waals surface area contributed by atoms with Gasteiger partial charge < -0.3 is 10.3 Å². The maximum absolute atomic E-state index is 6.05. The number of nitrogens with two attached hydrogens (primary N) is 1. The number of imidazole rings is 1. The highest BCUT2D eigenvalue weighted by atomic mass is 15.2. The molecule has 0 atom stereocenters. The maximum atomic E-state index is 6.05. The zero-order valence-corrected chi connectivity index (χ0v) is 8.54. The number of nitrogen functional groups attached to an aromatic ring is 1. The zero-order valence-electron chi connectivity index (χ0n) is 8.54. The van der Waals surface area contributed by atoms with Gasteiger partial charge in [0.15, 0.2) is 0 Å². The Morgan fingerprint density at radius 1 is 1.46 bits per heavy atom. The number of nitrogens with zero attached hydrogens (tertiary/aromatic N) is 2. The van der Waals surface area contributed by atoms with Crippen molar-refractivity contribution in [2.75, 3.05) is 5.73 Å². The van der Waals surface area contributed by atoms with E-state index in [0.717, 1.165) is 17.3 Å². The molecule has 13 heavy (non-hydrogen) atoms. The Morgan fingerprint density at radius 3 is 2.46 bits per heavy atom. The summed E-state index contributed by atoms with van der Waals surface area (Å²) in [7, 11) is 0. The first-order chi connectivity index (χ1) is 6.11. The Balaban J connectivity index is 2.44. The van der Waals surface area contributed by atoms with Crippen molar-refractivity contribution in [1.29, 1.82) is 0 Å². The van der Waals surface area contributed by atoms with Gasteiger partial charge in [-0.05, 0) is 33.6 Å². The number of aromatic nitrogens is 2. The van der Waals surface area contributed by atoms with Crippen LogP contribution in [0.4, 0.5) is 5.82 Å². The quantitative estimate of drug-likeness (QED) is 0.756. The second kappa shape index (κ2) is 2.76. The average Bonchev–Trinajstić information content (AvgIpc) is 2.78. The van der Waals surface area contributed by atoms with E-state index in [-0.39, 0.29) is 0 Å². The van der Waals surface area contributed by atoms with Crippen molar-refractivity contribution in [2.24, 2.45) is 0 Å². The van der Waals surface area contributed by atoms with E-state index in [9.17, 15) is 0 Å². The minimum absolute atomic E-state index is 0.417. The third-order valence-corrected chi connectivity index (χ3v) is 2.63. The van der Waals surface area contributed by atoms with Crippen molar-refractivity contribution < 1.29 is 0 Å². The van der Waals surface area contributed by atoms with Crippen LogP contribution in [-0.2, 0) is 0 Å². The largest absolute Gasteiger partial charge is 0.384 e. The summed E-state index contributed by atoms with van der Waals surface area (Å²) in [6, 6.07) is 0.417. The minimum atomic E-state index is 0.417. The lowest BCUT2D eigenvalue weighted by Gasteiger charge is -2.11. The van der Waals surface area contributed by atoms with Gasteiger partial charge in [0.05, 0.1) is 5.69 Å². The SMILES string of the molecule is Cc1nc(C2CC2)c(N)n1C(C)C. The highest BCUT2D eigenvalue weighted by molar-refractivity contribution is 5.42. The van der Waals surface area contributed by atoms with Crippen molar-refractivity contribution in [3.63, 3.8) is 0 Å². The summed E-state index contributed by atoms with van der Waals surface area (Å²) in [5, 5.41) is 0. The highest BCUT2D eigenvalue weighted by Gasteiger charge is 2.30. The lowest BCUT2D eigenvalue weighted by Crippen LogP contribution is -2.07. The van der Waals surface area contributed by atoms with E-state index in [4.69, 9.17) is 5.73 Å². The molecule has 0 aromatic carbocycles. The van der Waals surface area contributed by atoms with Gasteiger partial charge in [0.2, 0.25) is 0 Å². The van der Waals surface area contributed by atoms with Crippen LogP contribution in [-0.4, -0.2) is 9.55 Å². The lowest BCUT2D eigenvalue weighted by atomic mass is 10.3. The fraction of sp³-hybridized carbons (Fsp3) is 0.700. The summed E-state index contributed by atoms with van der Waals surface area (Å²) in [6.45, 7) is 6.31. The number of anilines is 1. The molecule has 0 aliphatic heterocycles. The van der Waals surface area contributed by atoms with Gasteiger partial charge in [-0.25, -0.2) is 4.98 Å². The van der Waals surface area contributed by atoms with E-state index < -0.39 is 0 Å². The summed E-state index contributed by atoms with van der Waals surface area (Å²) in [6.07, 6.45) is 2.53. The van der Waals surface area contributed by atoms with Crippen LogP contribution in [0.25, 0.3) is 0 Å². The molecule has 0 saturated heterocycles. The smallest absolute Gasteiger partial charge is 0.127 e. The number of rotatable bonds is 2. The first-order valence-electron chi connectivity index (χ1n) is 4.95. The molecule has 1 saturated carbocycles. The molecule has 1 heterocycles. The van der Waals surface area contributed by atoms with Gasteiger partial charge in [0.25, 0.3) is 0 Å². The van der Waals surface area contributed by atoms with Gasteiger partial charge in [0.1, 0.15) is 11.6 Å². The monoisotopic (exact) mass is 179 g/mol. The van der Waals surface area contributed by atoms with Crippen LogP contribution >= 0.6 is 0 Å². The van der Waals surface area contributed by atoms with Crippen molar-refractivity contribution in [3.8, 4) is 0 Å². The van der Waals surface area contributed by atoms with Crippen LogP contribution in [0.15, 0.2) is 0 Å². The Hall–Kier alpha value is -0.990. The molecule has 1 aliphatic carbocycles. The Bertz CT molecular complexity index is 321. The van der Waals surface area contributed by atoms with E-state index in [1.54, 1.807) is 0 Å². The maximum Gasteiger partial charge on any atom is 0.127 e. The molecule has 0 unspecified atom stereocenters. The first kappa shape index (κ1) is 8.60. The number of hydrogen-bond donors (Lipinski definition) is 1. The molecule has 0 bridgehead atoms. The summed E-state index contributed by atoms with van der Waals surface area (Å²) in [5.41, 5.74) is 7.18. The van der Waals surface area contributed by atoms with Crippen LogP contribution in [0.5, 0.6) is 0 Å². The highest BCUT2D eigenvalue weighted by Crippen LogP contribution is 2.42. The molecule has 3 heteroatoms. The van der Waals surface area contributed by atoms with Gasteiger partial charge in [-0.1, -0.05) is 0 Å². The molecular formula is C10H17N3.